The molecule has 6 heteroatoms. The van der Waals surface area contributed by atoms with Crippen LogP contribution in [0.15, 0.2) is 59.4 Å². The Hall–Kier alpha value is -2.86. The lowest BCUT2D eigenvalue weighted by atomic mass is 9.95. The van der Waals surface area contributed by atoms with Crippen LogP contribution in [-0.2, 0) is 11.3 Å². The predicted octanol–water partition coefficient (Wildman–Crippen LogP) is 1.67. The number of aryl methyl sites for hydroxylation is 1. The lowest BCUT2D eigenvalue weighted by Gasteiger charge is -2.16. The summed E-state index contributed by atoms with van der Waals surface area (Å²) in [5, 5.41) is 0. The van der Waals surface area contributed by atoms with Crippen LogP contribution in [0.3, 0.4) is 0 Å². The molecule has 1 aromatic heterocycles. The summed E-state index contributed by atoms with van der Waals surface area (Å²) in [4.78, 5) is 29.4. The Kier molecular flexibility index (Phi) is 4.34. The normalized spacial score (nSPS) is 20.0. The quantitative estimate of drug-likeness (QED) is 0.751. The van der Waals surface area contributed by atoms with Crippen LogP contribution in [0.1, 0.15) is 17.9 Å². The molecule has 134 valence electrons. The second-order valence-electron chi connectivity index (χ2n) is 6.83. The first-order valence-electron chi connectivity index (χ1n) is 8.89. The van der Waals surface area contributed by atoms with Gasteiger partial charge in [0.1, 0.15) is 0 Å². The van der Waals surface area contributed by atoms with Crippen LogP contribution < -0.4 is 11.4 Å². The number of nitrogens with two attached hydrogens (primary N) is 1. The standard InChI is InChI=1S/C20H22N4O2/c21-16-13-23(12-15(16)14-6-2-1-3-7-14)19(25)10-11-24-18-9-5-4-8-17(18)22-20(24)26/h1-9,15-16H,10-13,21H2,(H,22,26)/t15-,16+/m1/s1. The van der Waals surface area contributed by atoms with Gasteiger partial charge >= 0.3 is 5.69 Å². The Morgan fingerprint density at radius 1 is 1.08 bits per heavy atom. The van der Waals surface area contributed by atoms with Gasteiger partial charge < -0.3 is 15.6 Å². The number of carbonyl (C=O) groups excluding carboxylic acids is 1. The molecule has 3 N–H and O–H groups in total. The van der Waals surface area contributed by atoms with E-state index in [4.69, 9.17) is 5.73 Å². The molecular weight excluding hydrogens is 328 g/mol. The maximum Gasteiger partial charge on any atom is 0.326 e. The van der Waals surface area contributed by atoms with E-state index in [9.17, 15) is 9.59 Å². The first kappa shape index (κ1) is 16.6. The number of benzene rings is 2. The summed E-state index contributed by atoms with van der Waals surface area (Å²) in [7, 11) is 0. The summed E-state index contributed by atoms with van der Waals surface area (Å²) in [5.41, 5.74) is 8.88. The van der Waals surface area contributed by atoms with E-state index in [2.05, 4.69) is 17.1 Å². The Bertz CT molecular complexity index is 976. The van der Waals surface area contributed by atoms with Crippen molar-refractivity contribution in [3.05, 3.63) is 70.6 Å². The van der Waals surface area contributed by atoms with Crippen molar-refractivity contribution >= 4 is 16.9 Å². The van der Waals surface area contributed by atoms with Gasteiger partial charge in [0, 0.05) is 38.0 Å². The molecular formula is C20H22N4O2. The zero-order valence-electron chi connectivity index (χ0n) is 14.5. The minimum atomic E-state index is -0.181. The first-order valence-corrected chi connectivity index (χ1v) is 8.89. The third kappa shape index (κ3) is 3.04. The third-order valence-electron chi connectivity index (χ3n) is 5.18. The maximum atomic E-state index is 12.7. The molecule has 6 nitrogen and oxygen atoms in total. The van der Waals surface area contributed by atoms with E-state index < -0.39 is 0 Å². The number of H-pyrrole nitrogens is 1. The number of nitrogens with zero attached hydrogens (tertiary/aromatic N) is 2. The zero-order chi connectivity index (χ0) is 18.1. The predicted molar refractivity (Wildman–Crippen MR) is 101 cm³/mol. The highest BCUT2D eigenvalue weighted by molar-refractivity contribution is 5.78. The molecule has 2 heterocycles. The van der Waals surface area contributed by atoms with E-state index in [1.54, 1.807) is 4.57 Å². The van der Waals surface area contributed by atoms with Crippen LogP contribution >= 0.6 is 0 Å². The van der Waals surface area contributed by atoms with Gasteiger partial charge in [-0.05, 0) is 17.7 Å². The Balaban J connectivity index is 1.44. The molecule has 26 heavy (non-hydrogen) atoms. The number of fused-ring (bicyclic) bond motifs is 1. The second-order valence-corrected chi connectivity index (χ2v) is 6.83. The fraction of sp³-hybridized carbons (Fsp3) is 0.300. The van der Waals surface area contributed by atoms with Crippen molar-refractivity contribution in [2.75, 3.05) is 13.1 Å². The minimum Gasteiger partial charge on any atom is -0.340 e. The Morgan fingerprint density at radius 3 is 2.62 bits per heavy atom. The van der Waals surface area contributed by atoms with Crippen LogP contribution in [-0.4, -0.2) is 39.5 Å². The van der Waals surface area contributed by atoms with Crippen molar-refractivity contribution in [3.63, 3.8) is 0 Å². The van der Waals surface area contributed by atoms with E-state index in [0.29, 0.717) is 19.6 Å². The molecule has 1 fully saturated rings. The zero-order valence-corrected chi connectivity index (χ0v) is 14.5. The van der Waals surface area contributed by atoms with Crippen molar-refractivity contribution in [1.29, 1.82) is 0 Å². The average molecular weight is 350 g/mol. The lowest BCUT2D eigenvalue weighted by molar-refractivity contribution is -0.130. The summed E-state index contributed by atoms with van der Waals surface area (Å²) in [6.45, 7) is 1.55. The average Bonchev–Trinajstić information content (AvgIpc) is 3.20. The molecule has 2 aromatic carbocycles. The smallest absolute Gasteiger partial charge is 0.326 e. The molecule has 1 amide bonds. The summed E-state index contributed by atoms with van der Waals surface area (Å²) >= 11 is 0. The maximum absolute atomic E-state index is 12.7. The van der Waals surface area contributed by atoms with Crippen molar-refractivity contribution in [3.8, 4) is 0 Å². The van der Waals surface area contributed by atoms with Crippen molar-refractivity contribution in [2.24, 2.45) is 5.73 Å². The number of hydrogen-bond acceptors (Lipinski definition) is 3. The fourth-order valence-electron chi connectivity index (χ4n) is 3.78. The first-order chi connectivity index (χ1) is 12.6. The molecule has 0 bridgehead atoms. The molecule has 0 unspecified atom stereocenters. The number of aromatic nitrogens is 2. The van der Waals surface area contributed by atoms with Gasteiger partial charge in [0.05, 0.1) is 11.0 Å². The van der Waals surface area contributed by atoms with E-state index in [1.165, 1.54) is 5.56 Å². The van der Waals surface area contributed by atoms with Gasteiger partial charge in [-0.25, -0.2) is 4.79 Å². The molecule has 0 saturated carbocycles. The van der Waals surface area contributed by atoms with Gasteiger partial charge in [-0.1, -0.05) is 42.5 Å². The highest BCUT2D eigenvalue weighted by atomic mass is 16.2. The van der Waals surface area contributed by atoms with Gasteiger partial charge in [-0.2, -0.15) is 0 Å². The number of rotatable bonds is 4. The Labute approximate surface area is 151 Å². The lowest BCUT2D eigenvalue weighted by Crippen LogP contribution is -2.33. The second kappa shape index (κ2) is 6.80. The van der Waals surface area contributed by atoms with Gasteiger partial charge in [0.15, 0.2) is 0 Å². The number of hydrogen-bond donors (Lipinski definition) is 2. The number of likely N-dealkylation sites (tertiary alicyclic amines) is 1. The third-order valence-corrected chi connectivity index (χ3v) is 5.18. The van der Waals surface area contributed by atoms with Crippen molar-refractivity contribution in [2.45, 2.75) is 24.9 Å². The number of carbonyl (C=O) groups is 1. The van der Waals surface area contributed by atoms with Crippen LogP contribution in [0.2, 0.25) is 0 Å². The number of para-hydroxylation sites is 2. The molecule has 3 aromatic rings. The van der Waals surface area contributed by atoms with Gasteiger partial charge in [-0.15, -0.1) is 0 Å². The van der Waals surface area contributed by atoms with Crippen molar-refractivity contribution in [1.82, 2.24) is 14.5 Å². The van der Waals surface area contributed by atoms with E-state index in [0.717, 1.165) is 11.0 Å². The highest BCUT2D eigenvalue weighted by Gasteiger charge is 2.33. The molecule has 2 atom stereocenters. The fourth-order valence-corrected chi connectivity index (χ4v) is 3.78. The largest absolute Gasteiger partial charge is 0.340 e. The molecule has 4 rings (SSSR count). The van der Waals surface area contributed by atoms with Gasteiger partial charge in [0.2, 0.25) is 5.91 Å². The molecule has 1 aliphatic rings. The summed E-state index contributed by atoms with van der Waals surface area (Å²) in [5.74, 6) is 0.201. The number of amides is 1. The molecule has 0 spiro atoms. The number of nitrogens with one attached hydrogen (secondary N) is 1. The van der Waals surface area contributed by atoms with E-state index in [1.807, 2.05) is 47.4 Å². The molecule has 1 saturated heterocycles. The number of aromatic amines is 1. The monoisotopic (exact) mass is 350 g/mol. The SMILES string of the molecule is N[C@H]1CN(C(=O)CCn2c(=O)[nH]c3ccccc32)C[C@@H]1c1ccccc1. The van der Waals surface area contributed by atoms with E-state index >= 15 is 0 Å². The molecule has 1 aliphatic heterocycles. The highest BCUT2D eigenvalue weighted by Crippen LogP contribution is 2.26. The van der Waals surface area contributed by atoms with Gasteiger partial charge in [0.25, 0.3) is 0 Å². The summed E-state index contributed by atoms with van der Waals surface area (Å²) < 4.78 is 1.62. The Morgan fingerprint density at radius 2 is 1.81 bits per heavy atom. The van der Waals surface area contributed by atoms with Crippen LogP contribution in [0, 0.1) is 0 Å². The van der Waals surface area contributed by atoms with Crippen LogP contribution in [0.5, 0.6) is 0 Å². The van der Waals surface area contributed by atoms with Crippen molar-refractivity contribution < 1.29 is 4.79 Å². The topological polar surface area (TPSA) is 84.1 Å². The molecule has 0 aliphatic carbocycles. The minimum absolute atomic E-state index is 0.0380. The molecule has 0 radical (unpaired) electrons. The number of imidazole rings is 1. The van der Waals surface area contributed by atoms with Gasteiger partial charge in [-0.3, -0.25) is 9.36 Å². The summed E-state index contributed by atoms with van der Waals surface area (Å²) in [6.07, 6.45) is 0.288. The van der Waals surface area contributed by atoms with Crippen LogP contribution in [0.25, 0.3) is 11.0 Å². The summed E-state index contributed by atoms with van der Waals surface area (Å²) in [6, 6.07) is 17.5. The van der Waals surface area contributed by atoms with Crippen LogP contribution in [0.4, 0.5) is 0 Å². The van der Waals surface area contributed by atoms with E-state index in [-0.39, 0.29) is 30.0 Å².